The number of aromatic hydroxyl groups is 1. The Morgan fingerprint density at radius 3 is 2.38 bits per heavy atom. The molecule has 128 valence electrons. The van der Waals surface area contributed by atoms with E-state index in [9.17, 15) is 18.3 Å². The van der Waals surface area contributed by atoms with Crippen molar-refractivity contribution >= 4 is 21.6 Å². The fourth-order valence-electron chi connectivity index (χ4n) is 2.04. The summed E-state index contributed by atoms with van der Waals surface area (Å²) in [7, 11) is -3.29. The van der Waals surface area contributed by atoms with E-state index in [1.165, 1.54) is 0 Å². The molecule has 2 rings (SSSR count). The van der Waals surface area contributed by atoms with Crippen LogP contribution in [-0.4, -0.2) is 25.2 Å². The van der Waals surface area contributed by atoms with Gasteiger partial charge in [-0.25, -0.2) is 8.42 Å². The van der Waals surface area contributed by atoms with Gasteiger partial charge in [0.25, 0.3) is 0 Å². The van der Waals surface area contributed by atoms with Crippen LogP contribution in [0, 0.1) is 0 Å². The highest BCUT2D eigenvalue weighted by atomic mass is 32.2. The zero-order valence-corrected chi connectivity index (χ0v) is 14.1. The maximum Gasteiger partial charge on any atom is 0.232 e. The summed E-state index contributed by atoms with van der Waals surface area (Å²) in [4.78, 5) is 11.9. The summed E-state index contributed by atoms with van der Waals surface area (Å²) in [6.45, 7) is 1.89. The predicted molar refractivity (Wildman–Crippen MR) is 93.2 cm³/mol. The summed E-state index contributed by atoms with van der Waals surface area (Å²) in [5.74, 6) is -0.0931. The number of amides is 1. The quantitative estimate of drug-likeness (QED) is 0.713. The Balaban J connectivity index is 1.88. The number of carbonyl (C=O) groups excluding carboxylic acids is 1. The topological polar surface area (TPSA) is 95.5 Å². The molecule has 0 atom stereocenters. The minimum Gasteiger partial charge on any atom is -0.508 e. The number of hydrogen-bond donors (Lipinski definition) is 3. The summed E-state index contributed by atoms with van der Waals surface area (Å²) in [6.07, 6.45) is 0.0983. The minimum atomic E-state index is -3.29. The largest absolute Gasteiger partial charge is 0.508 e. The van der Waals surface area contributed by atoms with Crippen molar-refractivity contribution in [3.05, 3.63) is 59.7 Å². The van der Waals surface area contributed by atoms with E-state index < -0.39 is 10.0 Å². The highest BCUT2D eigenvalue weighted by molar-refractivity contribution is 7.92. The molecule has 0 spiro atoms. The molecule has 0 bridgehead atoms. The molecule has 24 heavy (non-hydrogen) atoms. The number of phenols is 1. The van der Waals surface area contributed by atoms with E-state index in [0.29, 0.717) is 17.8 Å². The van der Waals surface area contributed by atoms with Crippen LogP contribution in [0.1, 0.15) is 18.1 Å². The average molecular weight is 348 g/mol. The lowest BCUT2D eigenvalue weighted by molar-refractivity contribution is -0.120. The van der Waals surface area contributed by atoms with Crippen LogP contribution in [0.5, 0.6) is 5.75 Å². The van der Waals surface area contributed by atoms with Crippen LogP contribution >= 0.6 is 0 Å². The van der Waals surface area contributed by atoms with Gasteiger partial charge in [-0.1, -0.05) is 30.3 Å². The Kier molecular flexibility index (Phi) is 5.81. The lowest BCUT2D eigenvalue weighted by Gasteiger charge is -2.09. The molecule has 2 aromatic carbocycles. The van der Waals surface area contributed by atoms with Gasteiger partial charge in [0.1, 0.15) is 5.75 Å². The van der Waals surface area contributed by atoms with Gasteiger partial charge < -0.3 is 10.4 Å². The van der Waals surface area contributed by atoms with Crippen molar-refractivity contribution in [1.82, 2.24) is 5.32 Å². The maximum atomic E-state index is 11.9. The van der Waals surface area contributed by atoms with Crippen molar-refractivity contribution in [3.63, 3.8) is 0 Å². The fraction of sp³-hybridized carbons (Fsp3) is 0.235. The van der Waals surface area contributed by atoms with E-state index in [0.717, 1.165) is 5.56 Å². The number of phenolic OH excluding ortho intramolecular Hbond substituents is 1. The first kappa shape index (κ1) is 17.8. The van der Waals surface area contributed by atoms with Gasteiger partial charge in [0, 0.05) is 17.8 Å². The Morgan fingerprint density at radius 1 is 1.08 bits per heavy atom. The van der Waals surface area contributed by atoms with Crippen molar-refractivity contribution in [2.45, 2.75) is 19.9 Å². The smallest absolute Gasteiger partial charge is 0.232 e. The SMILES string of the molecule is CCS(=O)(=O)Nc1ccc(CNC(=O)Cc2ccccc2O)cc1. The van der Waals surface area contributed by atoms with E-state index in [-0.39, 0.29) is 23.8 Å². The molecule has 0 saturated carbocycles. The highest BCUT2D eigenvalue weighted by Gasteiger charge is 2.08. The van der Waals surface area contributed by atoms with Gasteiger partial charge >= 0.3 is 0 Å². The van der Waals surface area contributed by atoms with Crippen LogP contribution in [0.2, 0.25) is 0 Å². The van der Waals surface area contributed by atoms with Gasteiger partial charge in [-0.2, -0.15) is 0 Å². The van der Waals surface area contributed by atoms with Crippen molar-refractivity contribution in [3.8, 4) is 5.75 Å². The van der Waals surface area contributed by atoms with E-state index in [2.05, 4.69) is 10.0 Å². The van der Waals surface area contributed by atoms with Crippen LogP contribution in [0.3, 0.4) is 0 Å². The van der Waals surface area contributed by atoms with Crippen molar-refractivity contribution in [1.29, 1.82) is 0 Å². The molecule has 0 aliphatic rings. The molecule has 0 aliphatic heterocycles. The number of anilines is 1. The van der Waals surface area contributed by atoms with Crippen molar-refractivity contribution in [2.24, 2.45) is 0 Å². The second-order valence-corrected chi connectivity index (χ2v) is 7.30. The van der Waals surface area contributed by atoms with Gasteiger partial charge in [0.05, 0.1) is 12.2 Å². The first-order valence-corrected chi connectivity index (χ1v) is 9.18. The molecule has 0 radical (unpaired) electrons. The normalized spacial score (nSPS) is 11.0. The Bertz CT molecular complexity index is 802. The fourth-order valence-corrected chi connectivity index (χ4v) is 2.68. The van der Waals surface area contributed by atoms with E-state index in [1.54, 1.807) is 55.5 Å². The van der Waals surface area contributed by atoms with Gasteiger partial charge in [0.2, 0.25) is 15.9 Å². The van der Waals surface area contributed by atoms with E-state index >= 15 is 0 Å². The van der Waals surface area contributed by atoms with Crippen LogP contribution in [-0.2, 0) is 27.8 Å². The van der Waals surface area contributed by atoms with Gasteiger partial charge in [-0.3, -0.25) is 9.52 Å². The average Bonchev–Trinajstić information content (AvgIpc) is 2.56. The second kappa shape index (κ2) is 7.83. The molecule has 0 unspecified atom stereocenters. The molecule has 0 fully saturated rings. The molecule has 0 saturated heterocycles. The number of benzene rings is 2. The molecule has 6 nitrogen and oxygen atoms in total. The Hall–Kier alpha value is -2.54. The predicted octanol–water partition coefficient (Wildman–Crippen LogP) is 2.01. The molecule has 2 aromatic rings. The number of para-hydroxylation sites is 1. The van der Waals surface area contributed by atoms with Gasteiger partial charge in [-0.05, 0) is 30.7 Å². The molecular weight excluding hydrogens is 328 g/mol. The molecule has 1 amide bonds. The molecule has 0 heterocycles. The number of rotatable bonds is 7. The minimum absolute atomic E-state index is 0.0111. The summed E-state index contributed by atoms with van der Waals surface area (Å²) in [6, 6.07) is 13.5. The molecular formula is C17H20N2O4S. The molecule has 0 aliphatic carbocycles. The standard InChI is InChI=1S/C17H20N2O4S/c1-2-24(22,23)19-15-9-7-13(8-10-15)12-18-17(21)11-14-5-3-4-6-16(14)20/h3-10,19-20H,2,11-12H2,1H3,(H,18,21). The summed E-state index contributed by atoms with van der Waals surface area (Å²) >= 11 is 0. The Morgan fingerprint density at radius 2 is 1.75 bits per heavy atom. The Labute approximate surface area is 141 Å². The summed E-state index contributed by atoms with van der Waals surface area (Å²) < 4.78 is 25.4. The van der Waals surface area contributed by atoms with Crippen LogP contribution < -0.4 is 10.0 Å². The van der Waals surface area contributed by atoms with Crippen LogP contribution in [0.4, 0.5) is 5.69 Å². The zero-order valence-electron chi connectivity index (χ0n) is 13.3. The number of nitrogens with one attached hydrogen (secondary N) is 2. The summed E-state index contributed by atoms with van der Waals surface area (Å²) in [5.41, 5.74) is 1.90. The first-order chi connectivity index (χ1) is 11.4. The third-order valence-corrected chi connectivity index (χ3v) is 4.75. The monoisotopic (exact) mass is 348 g/mol. The molecule has 7 heteroatoms. The molecule has 3 N–H and O–H groups in total. The summed E-state index contributed by atoms with van der Waals surface area (Å²) in [5, 5.41) is 12.4. The lowest BCUT2D eigenvalue weighted by Crippen LogP contribution is -2.24. The molecule has 0 aromatic heterocycles. The van der Waals surface area contributed by atoms with Crippen molar-refractivity contribution < 1.29 is 18.3 Å². The highest BCUT2D eigenvalue weighted by Crippen LogP contribution is 2.16. The van der Waals surface area contributed by atoms with Gasteiger partial charge in [0.15, 0.2) is 0 Å². The third-order valence-electron chi connectivity index (χ3n) is 3.44. The van der Waals surface area contributed by atoms with E-state index in [4.69, 9.17) is 0 Å². The van der Waals surface area contributed by atoms with Crippen LogP contribution in [0.25, 0.3) is 0 Å². The zero-order chi connectivity index (χ0) is 17.6. The second-order valence-electron chi connectivity index (χ2n) is 5.28. The van der Waals surface area contributed by atoms with Gasteiger partial charge in [-0.15, -0.1) is 0 Å². The maximum absolute atomic E-state index is 11.9. The first-order valence-electron chi connectivity index (χ1n) is 7.52. The lowest BCUT2D eigenvalue weighted by atomic mass is 10.1. The van der Waals surface area contributed by atoms with Crippen LogP contribution in [0.15, 0.2) is 48.5 Å². The van der Waals surface area contributed by atoms with Crippen molar-refractivity contribution in [2.75, 3.05) is 10.5 Å². The number of carbonyl (C=O) groups is 1. The van der Waals surface area contributed by atoms with E-state index in [1.807, 2.05) is 0 Å². The third kappa shape index (κ3) is 5.27. The number of hydrogen-bond acceptors (Lipinski definition) is 4. The number of sulfonamides is 1.